The molecule has 0 atom stereocenters. The molecule has 0 aliphatic heterocycles. The van der Waals surface area contributed by atoms with E-state index in [-0.39, 0.29) is 11.8 Å². The molecule has 21 heavy (non-hydrogen) atoms. The molecule has 1 aromatic carbocycles. The molecule has 0 radical (unpaired) electrons. The van der Waals surface area contributed by atoms with Crippen molar-refractivity contribution in [2.24, 2.45) is 5.73 Å². The third kappa shape index (κ3) is 6.40. The maximum absolute atomic E-state index is 11.9. The first-order valence-electron chi connectivity index (χ1n) is 7.41. The highest BCUT2D eigenvalue weighted by molar-refractivity contribution is 5.95. The summed E-state index contributed by atoms with van der Waals surface area (Å²) >= 11 is 0. The first kappa shape index (κ1) is 17.2. The Bertz CT molecular complexity index is 486. The SMILES string of the molecule is CC(=O)Nc1cccc(NC(=O)CCCCCCN)c1C. The van der Waals surface area contributed by atoms with Gasteiger partial charge in [-0.15, -0.1) is 0 Å². The highest BCUT2D eigenvalue weighted by Crippen LogP contribution is 2.23. The predicted molar refractivity (Wildman–Crippen MR) is 86.3 cm³/mol. The second-order valence-electron chi connectivity index (χ2n) is 5.16. The molecule has 0 heterocycles. The Morgan fingerprint density at radius 2 is 1.67 bits per heavy atom. The lowest BCUT2D eigenvalue weighted by molar-refractivity contribution is -0.116. The van der Waals surface area contributed by atoms with E-state index >= 15 is 0 Å². The van der Waals surface area contributed by atoms with E-state index in [9.17, 15) is 9.59 Å². The summed E-state index contributed by atoms with van der Waals surface area (Å²) in [5.74, 6) is -0.118. The van der Waals surface area contributed by atoms with Crippen LogP contribution in [0.2, 0.25) is 0 Å². The van der Waals surface area contributed by atoms with Crippen molar-refractivity contribution >= 4 is 23.2 Å². The molecule has 0 aromatic heterocycles. The van der Waals surface area contributed by atoms with Crippen molar-refractivity contribution in [1.82, 2.24) is 0 Å². The molecule has 0 saturated heterocycles. The Balaban J connectivity index is 2.50. The number of hydrogen-bond acceptors (Lipinski definition) is 3. The van der Waals surface area contributed by atoms with Crippen LogP contribution in [0.15, 0.2) is 18.2 Å². The quantitative estimate of drug-likeness (QED) is 0.644. The zero-order chi connectivity index (χ0) is 15.7. The number of hydrogen-bond donors (Lipinski definition) is 3. The Morgan fingerprint density at radius 3 is 2.29 bits per heavy atom. The van der Waals surface area contributed by atoms with Crippen molar-refractivity contribution in [3.63, 3.8) is 0 Å². The molecule has 0 saturated carbocycles. The molecular formula is C16H25N3O2. The van der Waals surface area contributed by atoms with Gasteiger partial charge < -0.3 is 16.4 Å². The van der Waals surface area contributed by atoms with Crippen molar-refractivity contribution in [2.75, 3.05) is 17.2 Å². The van der Waals surface area contributed by atoms with E-state index in [4.69, 9.17) is 5.73 Å². The predicted octanol–water partition coefficient (Wildman–Crippen LogP) is 2.80. The number of unbranched alkanes of at least 4 members (excludes halogenated alkanes) is 3. The molecule has 1 aromatic rings. The van der Waals surface area contributed by atoms with Crippen molar-refractivity contribution < 1.29 is 9.59 Å². The highest BCUT2D eigenvalue weighted by Gasteiger charge is 2.08. The molecule has 2 amide bonds. The summed E-state index contributed by atoms with van der Waals surface area (Å²) in [6.45, 7) is 4.05. The summed E-state index contributed by atoms with van der Waals surface area (Å²) < 4.78 is 0. The Labute approximate surface area is 126 Å². The second-order valence-corrected chi connectivity index (χ2v) is 5.16. The fourth-order valence-corrected chi connectivity index (χ4v) is 2.09. The molecule has 1 rings (SSSR count). The molecule has 0 spiro atoms. The lowest BCUT2D eigenvalue weighted by Gasteiger charge is -2.12. The maximum Gasteiger partial charge on any atom is 0.224 e. The minimum absolute atomic E-state index is 0.00539. The van der Waals surface area contributed by atoms with Gasteiger partial charge in [-0.25, -0.2) is 0 Å². The van der Waals surface area contributed by atoms with Crippen LogP contribution in [0.25, 0.3) is 0 Å². The van der Waals surface area contributed by atoms with E-state index in [0.717, 1.165) is 42.6 Å². The summed E-state index contributed by atoms with van der Waals surface area (Å²) in [5.41, 5.74) is 7.76. The summed E-state index contributed by atoms with van der Waals surface area (Å²) in [6, 6.07) is 5.47. The molecule has 0 aliphatic carbocycles. The van der Waals surface area contributed by atoms with E-state index in [0.29, 0.717) is 13.0 Å². The van der Waals surface area contributed by atoms with Gasteiger partial charge in [0, 0.05) is 24.7 Å². The van der Waals surface area contributed by atoms with Gasteiger partial charge in [-0.1, -0.05) is 18.9 Å². The average Bonchev–Trinajstić information content (AvgIpc) is 2.42. The van der Waals surface area contributed by atoms with Crippen molar-refractivity contribution in [2.45, 2.75) is 46.0 Å². The summed E-state index contributed by atoms with van der Waals surface area (Å²) in [4.78, 5) is 23.0. The molecular weight excluding hydrogens is 266 g/mol. The van der Waals surface area contributed by atoms with Gasteiger partial charge in [-0.05, 0) is 44.0 Å². The zero-order valence-corrected chi connectivity index (χ0v) is 12.9. The van der Waals surface area contributed by atoms with Crippen molar-refractivity contribution in [3.8, 4) is 0 Å². The zero-order valence-electron chi connectivity index (χ0n) is 12.9. The van der Waals surface area contributed by atoms with Crippen LogP contribution in [0, 0.1) is 6.92 Å². The number of anilines is 2. The minimum atomic E-state index is -0.124. The number of carbonyl (C=O) groups excluding carboxylic acids is 2. The summed E-state index contributed by atoms with van der Waals surface area (Å²) in [7, 11) is 0. The summed E-state index contributed by atoms with van der Waals surface area (Å²) in [5, 5.41) is 5.65. The van der Waals surface area contributed by atoms with E-state index in [1.165, 1.54) is 6.92 Å². The average molecular weight is 291 g/mol. The number of benzene rings is 1. The standard InChI is InChI=1S/C16H25N3O2/c1-12-14(18-13(2)20)8-7-9-15(12)19-16(21)10-5-3-4-6-11-17/h7-9H,3-6,10-11,17H2,1-2H3,(H,18,20)(H,19,21). The molecule has 0 aliphatic rings. The van der Waals surface area contributed by atoms with Crippen LogP contribution in [0.5, 0.6) is 0 Å². The normalized spacial score (nSPS) is 10.2. The monoisotopic (exact) mass is 291 g/mol. The largest absolute Gasteiger partial charge is 0.330 e. The van der Waals surface area contributed by atoms with Gasteiger partial charge in [0.1, 0.15) is 0 Å². The molecule has 5 heteroatoms. The van der Waals surface area contributed by atoms with E-state index in [1.54, 1.807) is 0 Å². The van der Waals surface area contributed by atoms with E-state index < -0.39 is 0 Å². The van der Waals surface area contributed by atoms with Crippen LogP contribution in [-0.4, -0.2) is 18.4 Å². The van der Waals surface area contributed by atoms with Crippen LogP contribution in [0.1, 0.15) is 44.6 Å². The van der Waals surface area contributed by atoms with Crippen molar-refractivity contribution in [1.29, 1.82) is 0 Å². The second kappa shape index (κ2) is 9.13. The topological polar surface area (TPSA) is 84.2 Å². The number of nitrogens with one attached hydrogen (secondary N) is 2. The highest BCUT2D eigenvalue weighted by atomic mass is 16.2. The van der Waals surface area contributed by atoms with Crippen LogP contribution in [-0.2, 0) is 9.59 Å². The molecule has 0 bridgehead atoms. The third-order valence-electron chi connectivity index (χ3n) is 3.28. The van der Waals surface area contributed by atoms with Gasteiger partial charge in [-0.2, -0.15) is 0 Å². The van der Waals surface area contributed by atoms with Crippen LogP contribution >= 0.6 is 0 Å². The minimum Gasteiger partial charge on any atom is -0.330 e. The molecule has 0 unspecified atom stereocenters. The third-order valence-corrected chi connectivity index (χ3v) is 3.28. The van der Waals surface area contributed by atoms with Gasteiger partial charge in [0.2, 0.25) is 11.8 Å². The van der Waals surface area contributed by atoms with Gasteiger partial charge in [0.05, 0.1) is 0 Å². The first-order chi connectivity index (χ1) is 10.0. The van der Waals surface area contributed by atoms with Gasteiger partial charge in [-0.3, -0.25) is 9.59 Å². The van der Waals surface area contributed by atoms with Gasteiger partial charge >= 0.3 is 0 Å². The summed E-state index contributed by atoms with van der Waals surface area (Å²) in [6.07, 6.45) is 4.49. The van der Waals surface area contributed by atoms with Crippen LogP contribution in [0.4, 0.5) is 11.4 Å². The van der Waals surface area contributed by atoms with E-state index in [1.807, 2.05) is 25.1 Å². The first-order valence-corrected chi connectivity index (χ1v) is 7.41. The number of carbonyl (C=O) groups is 2. The van der Waals surface area contributed by atoms with Gasteiger partial charge in [0.25, 0.3) is 0 Å². The fraction of sp³-hybridized carbons (Fsp3) is 0.500. The molecule has 116 valence electrons. The van der Waals surface area contributed by atoms with Gasteiger partial charge in [0.15, 0.2) is 0 Å². The smallest absolute Gasteiger partial charge is 0.224 e. The van der Waals surface area contributed by atoms with Crippen LogP contribution in [0.3, 0.4) is 0 Å². The number of amides is 2. The number of nitrogens with two attached hydrogens (primary N) is 1. The van der Waals surface area contributed by atoms with Crippen LogP contribution < -0.4 is 16.4 Å². The fourth-order valence-electron chi connectivity index (χ4n) is 2.09. The Morgan fingerprint density at radius 1 is 1.05 bits per heavy atom. The maximum atomic E-state index is 11.9. The van der Waals surface area contributed by atoms with Crippen molar-refractivity contribution in [3.05, 3.63) is 23.8 Å². The molecule has 4 N–H and O–H groups in total. The lowest BCUT2D eigenvalue weighted by Crippen LogP contribution is -2.13. The van der Waals surface area contributed by atoms with E-state index in [2.05, 4.69) is 10.6 Å². The molecule has 5 nitrogen and oxygen atoms in total. The number of rotatable bonds is 8. The Hall–Kier alpha value is -1.88. The molecule has 0 fully saturated rings. The lowest BCUT2D eigenvalue weighted by atomic mass is 10.1. The Kier molecular flexibility index (Phi) is 7.46.